The van der Waals surface area contributed by atoms with E-state index in [0.29, 0.717) is 29.2 Å². The number of aromatic nitrogens is 5. The van der Waals surface area contributed by atoms with Gasteiger partial charge in [0.15, 0.2) is 5.65 Å². The number of hydrogen-bond acceptors (Lipinski definition) is 7. The minimum atomic E-state index is -0.628. The van der Waals surface area contributed by atoms with Crippen molar-refractivity contribution >= 4 is 44.3 Å². The van der Waals surface area contributed by atoms with Crippen LogP contribution in [-0.4, -0.2) is 50.0 Å². The number of benzene rings is 1. The molecule has 1 N–H and O–H groups in total. The number of rotatable bonds is 4. The van der Waals surface area contributed by atoms with Crippen LogP contribution < -0.4 is 10.2 Å². The van der Waals surface area contributed by atoms with Crippen LogP contribution in [0, 0.1) is 19.7 Å². The summed E-state index contributed by atoms with van der Waals surface area (Å²) in [6.45, 7) is 5.64. The highest BCUT2D eigenvalue weighted by atomic mass is 32.1. The molecule has 1 aliphatic heterocycles. The zero-order valence-electron chi connectivity index (χ0n) is 19.9. The molecule has 0 spiro atoms. The van der Waals surface area contributed by atoms with Crippen LogP contribution in [0.4, 0.5) is 10.2 Å². The summed E-state index contributed by atoms with van der Waals surface area (Å²) < 4.78 is 18.1. The van der Waals surface area contributed by atoms with Crippen molar-refractivity contribution in [2.75, 3.05) is 18.0 Å². The standard InChI is InChI=1S/C26H24FN7OS/c1-15-16(2)36-22-9-12-30-25(23(15)22)33(18-5-3-10-28-14-18)26(35)19-8-7-17(13-20(19)27)34-24-21(31-32-34)6-4-11-29-24/h4,6-9,11-13,18,28H,3,5,10,14H2,1-2H3/t18-/m1/s1. The lowest BCUT2D eigenvalue weighted by Gasteiger charge is -2.34. The highest BCUT2D eigenvalue weighted by molar-refractivity contribution is 7.19. The fraction of sp³-hybridized carbons (Fsp3) is 0.269. The number of anilines is 1. The number of nitrogens with zero attached hydrogens (tertiary/aromatic N) is 6. The summed E-state index contributed by atoms with van der Waals surface area (Å²) in [5.41, 5.74) is 2.66. The lowest BCUT2D eigenvalue weighted by Crippen LogP contribution is -2.49. The molecule has 1 atom stereocenters. The molecule has 5 aromatic rings. The third-order valence-electron chi connectivity index (χ3n) is 6.78. The van der Waals surface area contributed by atoms with Crippen molar-refractivity contribution in [1.82, 2.24) is 30.3 Å². The Morgan fingerprint density at radius 2 is 2.08 bits per heavy atom. The van der Waals surface area contributed by atoms with E-state index in [-0.39, 0.29) is 11.6 Å². The van der Waals surface area contributed by atoms with E-state index >= 15 is 4.39 Å². The molecule has 6 rings (SSSR count). The van der Waals surface area contributed by atoms with Crippen LogP contribution in [0.1, 0.15) is 33.6 Å². The number of thiophene rings is 1. The van der Waals surface area contributed by atoms with Crippen LogP contribution in [0.3, 0.4) is 0 Å². The minimum Gasteiger partial charge on any atom is -0.315 e. The average Bonchev–Trinajstić information content (AvgIpc) is 3.45. The van der Waals surface area contributed by atoms with Gasteiger partial charge in [0.1, 0.15) is 17.2 Å². The molecule has 1 aliphatic rings. The molecule has 0 bridgehead atoms. The Labute approximate surface area is 210 Å². The molecular formula is C26H24FN7OS. The molecule has 0 saturated carbocycles. The molecule has 36 heavy (non-hydrogen) atoms. The van der Waals surface area contributed by atoms with Gasteiger partial charge in [0.05, 0.1) is 17.3 Å². The number of carbonyl (C=O) groups is 1. The van der Waals surface area contributed by atoms with Gasteiger partial charge in [-0.25, -0.2) is 14.4 Å². The zero-order valence-corrected chi connectivity index (χ0v) is 20.7. The maximum Gasteiger partial charge on any atom is 0.262 e. The third-order valence-corrected chi connectivity index (χ3v) is 7.95. The summed E-state index contributed by atoms with van der Waals surface area (Å²) in [5.74, 6) is -0.447. The molecule has 0 unspecified atom stereocenters. The van der Waals surface area contributed by atoms with E-state index in [2.05, 4.69) is 32.5 Å². The molecule has 1 saturated heterocycles. The Balaban J connectivity index is 1.44. The molecule has 10 heteroatoms. The molecule has 1 fully saturated rings. The Morgan fingerprint density at radius 1 is 1.19 bits per heavy atom. The topological polar surface area (TPSA) is 88.8 Å². The SMILES string of the molecule is Cc1sc2ccnc(N(C(=O)c3ccc(-n4nnc5cccnc54)cc3F)[C@@H]3CCCNC3)c2c1C. The first-order valence-electron chi connectivity index (χ1n) is 11.9. The molecule has 5 heterocycles. The monoisotopic (exact) mass is 501 g/mol. The van der Waals surface area contributed by atoms with Gasteiger partial charge in [0.2, 0.25) is 0 Å². The molecular weight excluding hydrogens is 477 g/mol. The number of aryl methyl sites for hydroxylation is 2. The normalized spacial score (nSPS) is 16.0. The average molecular weight is 502 g/mol. The highest BCUT2D eigenvalue weighted by Crippen LogP contribution is 2.37. The van der Waals surface area contributed by atoms with Crippen molar-refractivity contribution < 1.29 is 9.18 Å². The number of nitrogens with one attached hydrogen (secondary N) is 1. The Kier molecular flexibility index (Phi) is 5.69. The van der Waals surface area contributed by atoms with E-state index in [1.165, 1.54) is 21.7 Å². The Bertz CT molecular complexity index is 1610. The van der Waals surface area contributed by atoms with Crippen molar-refractivity contribution in [2.24, 2.45) is 0 Å². The number of piperidine rings is 1. The van der Waals surface area contributed by atoms with Crippen molar-refractivity contribution in [3.05, 3.63) is 70.6 Å². The number of carbonyl (C=O) groups excluding carboxylic acids is 1. The lowest BCUT2D eigenvalue weighted by molar-refractivity contribution is 0.0968. The van der Waals surface area contributed by atoms with Crippen molar-refractivity contribution in [3.63, 3.8) is 0 Å². The minimum absolute atomic E-state index is 0.00916. The molecule has 8 nitrogen and oxygen atoms in total. The van der Waals surface area contributed by atoms with Gasteiger partial charge in [-0.1, -0.05) is 5.21 Å². The van der Waals surface area contributed by atoms with Gasteiger partial charge in [0.25, 0.3) is 5.91 Å². The van der Waals surface area contributed by atoms with Gasteiger partial charge in [-0.2, -0.15) is 4.68 Å². The Morgan fingerprint density at radius 3 is 2.89 bits per heavy atom. The molecule has 1 aromatic carbocycles. The molecule has 0 radical (unpaired) electrons. The van der Waals surface area contributed by atoms with Crippen LogP contribution in [0.15, 0.2) is 48.8 Å². The van der Waals surface area contributed by atoms with Crippen LogP contribution in [0.2, 0.25) is 0 Å². The molecule has 1 amide bonds. The summed E-state index contributed by atoms with van der Waals surface area (Å²) >= 11 is 1.68. The molecule has 4 aromatic heterocycles. The quantitative estimate of drug-likeness (QED) is 0.388. The molecule has 182 valence electrons. The summed E-state index contributed by atoms with van der Waals surface area (Å²) in [4.78, 5) is 25.8. The first-order valence-corrected chi connectivity index (χ1v) is 12.7. The second kappa shape index (κ2) is 9.03. The number of hydrogen-bond donors (Lipinski definition) is 1. The van der Waals surface area contributed by atoms with E-state index in [1.807, 2.05) is 13.0 Å². The first kappa shape index (κ1) is 22.7. The van der Waals surface area contributed by atoms with E-state index in [4.69, 9.17) is 0 Å². The largest absolute Gasteiger partial charge is 0.315 e. The van der Waals surface area contributed by atoms with Gasteiger partial charge in [-0.15, -0.1) is 16.4 Å². The second-order valence-electron chi connectivity index (χ2n) is 8.98. The summed E-state index contributed by atoms with van der Waals surface area (Å²) in [5, 5.41) is 12.5. The second-order valence-corrected chi connectivity index (χ2v) is 10.2. The number of fused-ring (bicyclic) bond motifs is 2. The Hall–Kier alpha value is -3.76. The van der Waals surface area contributed by atoms with E-state index < -0.39 is 11.7 Å². The fourth-order valence-electron chi connectivity index (χ4n) is 4.84. The summed E-state index contributed by atoms with van der Waals surface area (Å²) in [6.07, 6.45) is 5.11. The van der Waals surface area contributed by atoms with Gasteiger partial charge in [0, 0.05) is 40.0 Å². The van der Waals surface area contributed by atoms with Crippen LogP contribution in [0.25, 0.3) is 26.9 Å². The summed E-state index contributed by atoms with van der Waals surface area (Å²) in [6, 6.07) is 9.88. The van der Waals surface area contributed by atoms with Crippen molar-refractivity contribution in [3.8, 4) is 5.69 Å². The maximum atomic E-state index is 15.6. The van der Waals surface area contributed by atoms with Crippen LogP contribution in [-0.2, 0) is 0 Å². The van der Waals surface area contributed by atoms with E-state index in [1.54, 1.807) is 46.8 Å². The van der Waals surface area contributed by atoms with Gasteiger partial charge < -0.3 is 5.32 Å². The van der Waals surface area contributed by atoms with Gasteiger partial charge in [-0.3, -0.25) is 9.69 Å². The third kappa shape index (κ3) is 3.73. The predicted octanol–water partition coefficient (Wildman–Crippen LogP) is 4.58. The number of pyridine rings is 2. The smallest absolute Gasteiger partial charge is 0.262 e. The fourth-order valence-corrected chi connectivity index (χ4v) is 5.90. The predicted molar refractivity (Wildman–Crippen MR) is 138 cm³/mol. The number of amides is 1. The highest BCUT2D eigenvalue weighted by Gasteiger charge is 2.32. The summed E-state index contributed by atoms with van der Waals surface area (Å²) in [7, 11) is 0. The molecule has 0 aliphatic carbocycles. The zero-order chi connectivity index (χ0) is 24.8. The lowest BCUT2D eigenvalue weighted by atomic mass is 10.0. The van der Waals surface area contributed by atoms with Crippen molar-refractivity contribution in [1.29, 1.82) is 0 Å². The van der Waals surface area contributed by atoms with Crippen LogP contribution >= 0.6 is 11.3 Å². The van der Waals surface area contributed by atoms with Gasteiger partial charge in [-0.05, 0) is 69.1 Å². The number of halogens is 1. The maximum absolute atomic E-state index is 15.6. The van der Waals surface area contributed by atoms with Crippen LogP contribution in [0.5, 0.6) is 0 Å². The van der Waals surface area contributed by atoms with Crippen molar-refractivity contribution in [2.45, 2.75) is 32.7 Å². The van der Waals surface area contributed by atoms with Gasteiger partial charge >= 0.3 is 0 Å². The van der Waals surface area contributed by atoms with E-state index in [9.17, 15) is 4.79 Å². The van der Waals surface area contributed by atoms with E-state index in [0.717, 1.165) is 35.0 Å². The first-order chi connectivity index (χ1) is 17.5.